The van der Waals surface area contributed by atoms with Crippen LogP contribution < -0.4 is 9.47 Å². The van der Waals surface area contributed by atoms with Gasteiger partial charge < -0.3 is 9.47 Å². The topological polar surface area (TPSA) is 18.5 Å². The van der Waals surface area contributed by atoms with Crippen LogP contribution in [-0.2, 0) is 0 Å². The first kappa shape index (κ1) is 17.6. The molecule has 0 saturated heterocycles. The lowest BCUT2D eigenvalue weighted by molar-refractivity contribution is 0.239. The van der Waals surface area contributed by atoms with Gasteiger partial charge in [0.25, 0.3) is 0 Å². The number of halogens is 5. The summed E-state index contributed by atoms with van der Waals surface area (Å²) < 4.78 is 51.3. The SMILES string of the molecule is Fc1ccc(OCCCOc2c(F)cc(F)cc2I)c(I)c1. The zero-order chi connectivity index (χ0) is 16.1. The van der Waals surface area contributed by atoms with Gasteiger partial charge in [-0.05, 0) is 69.4 Å². The lowest BCUT2D eigenvalue weighted by Gasteiger charge is -2.11. The molecule has 7 heteroatoms. The Morgan fingerprint density at radius 1 is 0.818 bits per heavy atom. The number of hydrogen-bond donors (Lipinski definition) is 0. The monoisotopic (exact) mass is 534 g/mol. The van der Waals surface area contributed by atoms with Crippen LogP contribution in [0.4, 0.5) is 13.2 Å². The van der Waals surface area contributed by atoms with E-state index in [0.717, 1.165) is 6.07 Å². The van der Waals surface area contributed by atoms with E-state index < -0.39 is 11.6 Å². The van der Waals surface area contributed by atoms with E-state index >= 15 is 0 Å². The molecule has 2 aromatic carbocycles. The summed E-state index contributed by atoms with van der Waals surface area (Å²) in [4.78, 5) is 0. The van der Waals surface area contributed by atoms with Gasteiger partial charge in [0.15, 0.2) is 11.6 Å². The molecule has 118 valence electrons. The first-order valence-corrected chi connectivity index (χ1v) is 8.48. The summed E-state index contributed by atoms with van der Waals surface area (Å²) in [5, 5.41) is 0. The fraction of sp³-hybridized carbons (Fsp3) is 0.200. The van der Waals surface area contributed by atoms with Crippen LogP contribution in [0.5, 0.6) is 11.5 Å². The first-order valence-electron chi connectivity index (χ1n) is 6.32. The predicted molar refractivity (Wildman–Crippen MR) is 93.8 cm³/mol. The molecule has 2 nitrogen and oxygen atoms in total. The maximum absolute atomic E-state index is 13.5. The van der Waals surface area contributed by atoms with E-state index in [1.807, 2.05) is 45.2 Å². The van der Waals surface area contributed by atoms with Crippen LogP contribution in [-0.4, -0.2) is 13.2 Å². The quantitative estimate of drug-likeness (QED) is 0.377. The Morgan fingerprint density at radius 3 is 2.18 bits per heavy atom. The largest absolute Gasteiger partial charge is 0.492 e. The molecule has 0 atom stereocenters. The predicted octanol–water partition coefficient (Wildman–Crippen LogP) is 5.16. The van der Waals surface area contributed by atoms with Gasteiger partial charge in [0, 0.05) is 12.5 Å². The molecule has 0 aliphatic carbocycles. The standard InChI is InChI=1S/C15H11F3I2O2/c16-9-2-3-14(12(19)7-9)21-4-1-5-22-15-11(18)6-10(17)8-13(15)20/h2-3,6-8H,1,4-5H2. The Balaban J connectivity index is 1.80. The zero-order valence-electron chi connectivity index (χ0n) is 11.2. The van der Waals surface area contributed by atoms with Crippen LogP contribution in [0.1, 0.15) is 6.42 Å². The molecule has 0 heterocycles. The molecule has 0 saturated carbocycles. The number of rotatable bonds is 6. The third kappa shape index (κ3) is 4.90. The van der Waals surface area contributed by atoms with Crippen LogP contribution in [0.2, 0.25) is 0 Å². The van der Waals surface area contributed by atoms with Gasteiger partial charge in [-0.1, -0.05) is 0 Å². The summed E-state index contributed by atoms with van der Waals surface area (Å²) in [6, 6.07) is 6.25. The molecule has 0 unspecified atom stereocenters. The Kier molecular flexibility index (Phi) is 6.60. The summed E-state index contributed by atoms with van der Waals surface area (Å²) in [6.07, 6.45) is 0.514. The molecule has 0 bridgehead atoms. The molecule has 0 aliphatic rings. The Bertz CT molecular complexity index is 642. The molecule has 0 aromatic heterocycles. The van der Waals surface area contributed by atoms with Crippen molar-refractivity contribution >= 4 is 45.2 Å². The van der Waals surface area contributed by atoms with Crippen molar-refractivity contribution in [1.29, 1.82) is 0 Å². The van der Waals surface area contributed by atoms with E-state index in [1.165, 1.54) is 18.2 Å². The average Bonchev–Trinajstić information content (AvgIpc) is 2.42. The molecule has 0 N–H and O–H groups in total. The normalized spacial score (nSPS) is 10.6. The van der Waals surface area contributed by atoms with Crippen molar-refractivity contribution in [1.82, 2.24) is 0 Å². The molecular formula is C15H11F3I2O2. The van der Waals surface area contributed by atoms with Gasteiger partial charge in [0.2, 0.25) is 0 Å². The van der Waals surface area contributed by atoms with Crippen LogP contribution >= 0.6 is 45.2 Å². The van der Waals surface area contributed by atoms with Crippen molar-refractivity contribution < 1.29 is 22.6 Å². The second kappa shape index (κ2) is 8.23. The van der Waals surface area contributed by atoms with Gasteiger partial charge in [0.05, 0.1) is 20.4 Å². The Labute approximate surface area is 153 Å². The zero-order valence-corrected chi connectivity index (χ0v) is 15.5. The molecule has 0 spiro atoms. The van der Waals surface area contributed by atoms with Gasteiger partial charge in [-0.15, -0.1) is 0 Å². The molecule has 22 heavy (non-hydrogen) atoms. The Hall–Kier alpha value is -0.710. The molecule has 0 amide bonds. The Morgan fingerprint density at radius 2 is 1.50 bits per heavy atom. The summed E-state index contributed by atoms with van der Waals surface area (Å²) in [5.41, 5.74) is 0. The van der Waals surface area contributed by atoms with E-state index in [0.29, 0.717) is 25.9 Å². The van der Waals surface area contributed by atoms with E-state index in [2.05, 4.69) is 0 Å². The van der Waals surface area contributed by atoms with Crippen LogP contribution in [0.15, 0.2) is 30.3 Å². The van der Waals surface area contributed by atoms with Crippen molar-refractivity contribution in [2.45, 2.75) is 6.42 Å². The summed E-state index contributed by atoms with van der Waals surface area (Å²) in [5.74, 6) is -1.05. The van der Waals surface area contributed by atoms with Crippen LogP contribution in [0, 0.1) is 24.6 Å². The molecule has 0 aliphatic heterocycles. The van der Waals surface area contributed by atoms with Gasteiger partial charge in [-0.2, -0.15) is 0 Å². The molecule has 0 fully saturated rings. The second-order valence-electron chi connectivity index (χ2n) is 4.32. The average molecular weight is 534 g/mol. The highest BCUT2D eigenvalue weighted by atomic mass is 127. The fourth-order valence-electron chi connectivity index (χ4n) is 1.67. The second-order valence-corrected chi connectivity index (χ2v) is 6.65. The smallest absolute Gasteiger partial charge is 0.169 e. The highest BCUT2D eigenvalue weighted by Gasteiger charge is 2.10. The van der Waals surface area contributed by atoms with Crippen molar-refractivity contribution in [2.75, 3.05) is 13.2 Å². The summed E-state index contributed by atoms with van der Waals surface area (Å²) in [6.45, 7) is 0.581. The number of hydrogen-bond acceptors (Lipinski definition) is 2. The van der Waals surface area contributed by atoms with E-state index in [-0.39, 0.29) is 18.2 Å². The highest BCUT2D eigenvalue weighted by molar-refractivity contribution is 14.1. The minimum atomic E-state index is -0.724. The summed E-state index contributed by atoms with van der Waals surface area (Å²) >= 11 is 3.80. The van der Waals surface area contributed by atoms with Gasteiger partial charge in [0.1, 0.15) is 17.4 Å². The van der Waals surface area contributed by atoms with E-state index in [4.69, 9.17) is 9.47 Å². The molecule has 2 rings (SSSR count). The molecule has 2 aromatic rings. The third-order valence-corrected chi connectivity index (χ3v) is 4.29. The maximum Gasteiger partial charge on any atom is 0.169 e. The molecule has 0 radical (unpaired) electrons. The van der Waals surface area contributed by atoms with Crippen molar-refractivity contribution in [2.24, 2.45) is 0 Å². The maximum atomic E-state index is 13.5. The summed E-state index contributed by atoms with van der Waals surface area (Å²) in [7, 11) is 0. The van der Waals surface area contributed by atoms with Crippen molar-refractivity contribution in [3.8, 4) is 11.5 Å². The van der Waals surface area contributed by atoms with Gasteiger partial charge >= 0.3 is 0 Å². The van der Waals surface area contributed by atoms with Crippen LogP contribution in [0.3, 0.4) is 0 Å². The van der Waals surface area contributed by atoms with E-state index in [1.54, 1.807) is 6.07 Å². The first-order chi connectivity index (χ1) is 10.5. The molecular weight excluding hydrogens is 523 g/mol. The van der Waals surface area contributed by atoms with Gasteiger partial charge in [-0.3, -0.25) is 0 Å². The number of ether oxygens (including phenoxy) is 2. The van der Waals surface area contributed by atoms with E-state index in [9.17, 15) is 13.2 Å². The number of benzene rings is 2. The van der Waals surface area contributed by atoms with Gasteiger partial charge in [-0.25, -0.2) is 13.2 Å². The highest BCUT2D eigenvalue weighted by Crippen LogP contribution is 2.26. The lowest BCUT2D eigenvalue weighted by atomic mass is 10.3. The lowest BCUT2D eigenvalue weighted by Crippen LogP contribution is -2.07. The van der Waals surface area contributed by atoms with Crippen molar-refractivity contribution in [3.63, 3.8) is 0 Å². The third-order valence-electron chi connectivity index (χ3n) is 2.65. The van der Waals surface area contributed by atoms with Crippen LogP contribution in [0.25, 0.3) is 0 Å². The minimum Gasteiger partial charge on any atom is -0.492 e. The van der Waals surface area contributed by atoms with Crippen molar-refractivity contribution in [3.05, 3.63) is 54.9 Å². The minimum absolute atomic E-state index is 0.0402. The fourth-order valence-corrected chi connectivity index (χ4v) is 3.02.